The molecule has 0 aromatic heterocycles. The molecular weight excluding hydrogens is 432 g/mol. The number of Topliss-reactive ketones (excluding diaryl/α,β-unsaturated/α-hetero) is 1. The molecule has 3 aliphatic heterocycles. The first-order valence-corrected chi connectivity index (χ1v) is 12.3. The van der Waals surface area contributed by atoms with Gasteiger partial charge in [-0.15, -0.1) is 11.8 Å². The minimum atomic E-state index is -1.08. The summed E-state index contributed by atoms with van der Waals surface area (Å²) < 4.78 is 5.53. The van der Waals surface area contributed by atoms with Crippen molar-refractivity contribution < 1.29 is 14.3 Å². The number of carbonyl (C=O) groups excluding carboxylic acids is 2. The molecule has 1 amide bonds. The molecule has 33 heavy (non-hydrogen) atoms. The van der Waals surface area contributed by atoms with Gasteiger partial charge in [-0.25, -0.2) is 0 Å². The maximum Gasteiger partial charge on any atom is 0.250 e. The highest BCUT2D eigenvalue weighted by atomic mass is 32.2. The number of nitrogens with one attached hydrogen (secondary N) is 1. The van der Waals surface area contributed by atoms with Crippen LogP contribution in [0.3, 0.4) is 0 Å². The predicted octanol–water partition coefficient (Wildman–Crippen LogP) is 4.51. The van der Waals surface area contributed by atoms with Crippen LogP contribution in [0.1, 0.15) is 27.4 Å². The molecule has 3 aliphatic rings. The van der Waals surface area contributed by atoms with E-state index in [1.807, 2.05) is 78.5 Å². The van der Waals surface area contributed by atoms with E-state index in [0.717, 1.165) is 22.6 Å². The third-order valence-corrected chi connectivity index (χ3v) is 8.39. The zero-order valence-corrected chi connectivity index (χ0v) is 19.0. The van der Waals surface area contributed by atoms with E-state index in [1.165, 1.54) is 0 Å². The van der Waals surface area contributed by atoms with E-state index in [2.05, 4.69) is 22.3 Å². The summed E-state index contributed by atoms with van der Waals surface area (Å²) in [6.07, 6.45) is 0. The topological polar surface area (TPSA) is 58.6 Å². The second kappa shape index (κ2) is 7.75. The van der Waals surface area contributed by atoms with Crippen molar-refractivity contribution in [2.75, 3.05) is 24.1 Å². The number of rotatable bonds is 4. The molecule has 2 saturated heterocycles. The summed E-state index contributed by atoms with van der Waals surface area (Å²) in [6, 6.07) is 25.4. The van der Waals surface area contributed by atoms with E-state index in [1.54, 1.807) is 7.11 Å². The van der Waals surface area contributed by atoms with Gasteiger partial charge in [-0.2, -0.15) is 0 Å². The summed E-state index contributed by atoms with van der Waals surface area (Å²) in [4.78, 5) is 30.5. The molecule has 1 N–H and O–H groups in total. The van der Waals surface area contributed by atoms with Gasteiger partial charge in [0.05, 0.1) is 13.0 Å². The number of benzene rings is 3. The summed E-state index contributed by atoms with van der Waals surface area (Å²) in [7, 11) is 1.63. The fourth-order valence-electron chi connectivity index (χ4n) is 6.01. The smallest absolute Gasteiger partial charge is 0.250 e. The average Bonchev–Trinajstić information content (AvgIpc) is 3.52. The number of carbonyl (C=O) groups is 2. The first-order valence-electron chi connectivity index (χ1n) is 11.1. The van der Waals surface area contributed by atoms with Crippen molar-refractivity contribution in [1.82, 2.24) is 4.90 Å². The van der Waals surface area contributed by atoms with Crippen molar-refractivity contribution in [2.45, 2.75) is 17.5 Å². The zero-order chi connectivity index (χ0) is 22.6. The van der Waals surface area contributed by atoms with Gasteiger partial charge in [0.15, 0.2) is 5.78 Å². The summed E-state index contributed by atoms with van der Waals surface area (Å²) in [5.41, 5.74) is 2.26. The van der Waals surface area contributed by atoms with Crippen LogP contribution in [-0.4, -0.2) is 41.4 Å². The van der Waals surface area contributed by atoms with Gasteiger partial charge in [-0.3, -0.25) is 14.5 Å². The van der Waals surface area contributed by atoms with Crippen molar-refractivity contribution in [3.8, 4) is 5.75 Å². The number of nitrogens with zero attached hydrogens (tertiary/aromatic N) is 1. The zero-order valence-electron chi connectivity index (χ0n) is 18.2. The summed E-state index contributed by atoms with van der Waals surface area (Å²) >= 11 is 1.82. The summed E-state index contributed by atoms with van der Waals surface area (Å²) in [5.74, 6) is 1.50. The SMILES string of the molecule is COc1ccc2c(c1)[C@]1(C(=O)N2)C(C(=O)c2ccccc2)C(c2ccccc2)C2CSCN21. The van der Waals surface area contributed by atoms with Crippen LogP contribution in [0.15, 0.2) is 78.9 Å². The van der Waals surface area contributed by atoms with Crippen molar-refractivity contribution in [3.05, 3.63) is 95.6 Å². The number of hydrogen-bond acceptors (Lipinski definition) is 5. The molecule has 3 heterocycles. The Balaban J connectivity index is 1.63. The second-order valence-electron chi connectivity index (χ2n) is 8.81. The van der Waals surface area contributed by atoms with Crippen LogP contribution in [0.25, 0.3) is 0 Å². The molecule has 6 rings (SSSR count). The maximum atomic E-state index is 14.3. The van der Waals surface area contributed by atoms with Gasteiger partial charge in [-0.1, -0.05) is 60.7 Å². The molecule has 3 aromatic carbocycles. The largest absolute Gasteiger partial charge is 0.497 e. The summed E-state index contributed by atoms with van der Waals surface area (Å²) in [5, 5.41) is 3.10. The van der Waals surface area contributed by atoms with Gasteiger partial charge in [0, 0.05) is 40.4 Å². The van der Waals surface area contributed by atoms with Crippen LogP contribution in [0.4, 0.5) is 5.69 Å². The standard InChI is InChI=1S/C27H24N2O3S/c1-32-19-12-13-21-20(14-19)27(26(31)28-21)24(25(30)18-10-6-3-7-11-18)23(17-8-4-2-5-9-17)22-15-33-16-29(22)27/h2-14,22-24H,15-16H2,1H3,(H,28,31)/t22?,23?,24?,27-/m1/s1. The quantitative estimate of drug-likeness (QED) is 0.586. The molecule has 2 fully saturated rings. The van der Waals surface area contributed by atoms with Crippen LogP contribution in [0, 0.1) is 5.92 Å². The molecule has 6 heteroatoms. The number of methoxy groups -OCH3 is 1. The Kier molecular flexibility index (Phi) is 4.82. The number of thioether (sulfide) groups is 1. The van der Waals surface area contributed by atoms with E-state index in [0.29, 0.717) is 17.2 Å². The molecule has 0 bridgehead atoms. The fraction of sp³-hybridized carbons (Fsp3) is 0.259. The molecule has 4 atom stereocenters. The molecule has 0 aliphatic carbocycles. The van der Waals surface area contributed by atoms with Gasteiger partial charge < -0.3 is 10.1 Å². The minimum absolute atomic E-state index is 0.00896. The lowest BCUT2D eigenvalue weighted by Gasteiger charge is -2.36. The maximum absolute atomic E-state index is 14.3. The number of fused-ring (bicyclic) bond motifs is 4. The number of hydrogen-bond donors (Lipinski definition) is 1. The highest BCUT2D eigenvalue weighted by molar-refractivity contribution is 7.99. The first-order chi connectivity index (χ1) is 16.2. The van der Waals surface area contributed by atoms with E-state index in [4.69, 9.17) is 4.74 Å². The normalized spacial score (nSPS) is 27.9. The third-order valence-electron chi connectivity index (χ3n) is 7.35. The average molecular weight is 457 g/mol. The minimum Gasteiger partial charge on any atom is -0.497 e. The predicted molar refractivity (Wildman–Crippen MR) is 130 cm³/mol. The monoisotopic (exact) mass is 456 g/mol. The molecule has 3 aromatic rings. The molecule has 166 valence electrons. The van der Waals surface area contributed by atoms with Crippen LogP contribution in [-0.2, 0) is 10.3 Å². The second-order valence-corrected chi connectivity index (χ2v) is 9.81. The van der Waals surface area contributed by atoms with Crippen LogP contribution in [0.5, 0.6) is 5.75 Å². The van der Waals surface area contributed by atoms with Gasteiger partial charge in [0.2, 0.25) is 5.91 Å². The molecule has 5 nitrogen and oxygen atoms in total. The Morgan fingerprint density at radius 1 is 1.06 bits per heavy atom. The van der Waals surface area contributed by atoms with Gasteiger partial charge >= 0.3 is 0 Å². The van der Waals surface area contributed by atoms with Crippen molar-refractivity contribution in [2.24, 2.45) is 5.92 Å². The Labute approximate surface area is 197 Å². The highest BCUT2D eigenvalue weighted by Gasteiger charge is 2.69. The first kappa shape index (κ1) is 20.5. The fourth-order valence-corrected chi connectivity index (χ4v) is 7.34. The Bertz CT molecular complexity index is 1230. The third kappa shape index (κ3) is 2.84. The number of ether oxygens (including phenoxy) is 1. The van der Waals surface area contributed by atoms with Crippen LogP contribution >= 0.6 is 11.8 Å². The summed E-state index contributed by atoms with van der Waals surface area (Å²) in [6.45, 7) is 0. The molecule has 0 saturated carbocycles. The Hall–Kier alpha value is -3.09. The molecule has 3 unspecified atom stereocenters. The Morgan fingerprint density at radius 3 is 2.52 bits per heavy atom. The number of anilines is 1. The molecule has 0 radical (unpaired) electrons. The van der Waals surface area contributed by atoms with Crippen molar-refractivity contribution in [3.63, 3.8) is 0 Å². The van der Waals surface area contributed by atoms with Gasteiger partial charge in [-0.05, 0) is 23.8 Å². The number of amides is 1. The lowest BCUT2D eigenvalue weighted by Crippen LogP contribution is -2.52. The molecule has 1 spiro atoms. The highest BCUT2D eigenvalue weighted by Crippen LogP contribution is 2.61. The number of ketones is 1. The van der Waals surface area contributed by atoms with Crippen LogP contribution in [0.2, 0.25) is 0 Å². The van der Waals surface area contributed by atoms with E-state index >= 15 is 0 Å². The van der Waals surface area contributed by atoms with Crippen molar-refractivity contribution in [1.29, 1.82) is 0 Å². The van der Waals surface area contributed by atoms with E-state index < -0.39 is 11.5 Å². The van der Waals surface area contributed by atoms with Gasteiger partial charge in [0.1, 0.15) is 11.3 Å². The van der Waals surface area contributed by atoms with Crippen LogP contribution < -0.4 is 10.1 Å². The van der Waals surface area contributed by atoms with E-state index in [-0.39, 0.29) is 23.7 Å². The lowest BCUT2D eigenvalue weighted by molar-refractivity contribution is -0.127. The molecular formula is C27H24N2O3S. The van der Waals surface area contributed by atoms with Gasteiger partial charge in [0.25, 0.3) is 0 Å². The van der Waals surface area contributed by atoms with Crippen molar-refractivity contribution >= 4 is 29.1 Å². The van der Waals surface area contributed by atoms with E-state index in [9.17, 15) is 9.59 Å². The lowest BCUT2D eigenvalue weighted by atomic mass is 9.69. The Morgan fingerprint density at radius 2 is 1.79 bits per heavy atom.